The second-order valence-electron chi connectivity index (χ2n) is 5.40. The highest BCUT2D eigenvalue weighted by Crippen LogP contribution is 2.06. The van der Waals surface area contributed by atoms with Gasteiger partial charge in [0.15, 0.2) is 0 Å². The number of amides is 4. The van der Waals surface area contributed by atoms with Gasteiger partial charge in [-0.25, -0.2) is 4.79 Å². The lowest BCUT2D eigenvalue weighted by Gasteiger charge is -2.25. The number of nitrogens with one attached hydrogen (secondary N) is 2. The van der Waals surface area contributed by atoms with Crippen LogP contribution in [0.15, 0.2) is 0 Å². The lowest BCUT2D eigenvalue weighted by Crippen LogP contribution is -2.53. The molecule has 20 heavy (non-hydrogen) atoms. The minimum absolute atomic E-state index is 0.000196. The van der Waals surface area contributed by atoms with Crippen molar-refractivity contribution in [2.45, 2.75) is 32.8 Å². The van der Waals surface area contributed by atoms with E-state index in [1.165, 1.54) is 0 Å². The van der Waals surface area contributed by atoms with Crippen molar-refractivity contribution in [3.8, 4) is 0 Å². The van der Waals surface area contributed by atoms with E-state index in [9.17, 15) is 19.2 Å². The summed E-state index contributed by atoms with van der Waals surface area (Å²) in [6.07, 6.45) is -0.613. The molecule has 1 saturated heterocycles. The topological polar surface area (TPSA) is 105 Å². The molecule has 4 amide bonds. The molecule has 112 valence electrons. The van der Waals surface area contributed by atoms with Gasteiger partial charge in [0, 0.05) is 13.0 Å². The number of imide groups is 1. The number of piperazine rings is 1. The van der Waals surface area contributed by atoms with E-state index >= 15 is 0 Å². The minimum atomic E-state index is -0.613. The third kappa shape index (κ3) is 5.68. The van der Waals surface area contributed by atoms with Gasteiger partial charge < -0.3 is 15.0 Å². The Morgan fingerprint density at radius 1 is 1.25 bits per heavy atom. The van der Waals surface area contributed by atoms with Crippen molar-refractivity contribution in [3.05, 3.63) is 0 Å². The summed E-state index contributed by atoms with van der Waals surface area (Å²) in [5.41, 5.74) is -0.606. The minimum Gasteiger partial charge on any atom is -0.444 e. The third-order valence-electron chi connectivity index (χ3n) is 2.31. The Morgan fingerprint density at radius 2 is 1.80 bits per heavy atom. The van der Waals surface area contributed by atoms with Crippen LogP contribution in [0.4, 0.5) is 4.79 Å². The van der Waals surface area contributed by atoms with Gasteiger partial charge in [-0.3, -0.25) is 19.7 Å². The van der Waals surface area contributed by atoms with Crippen molar-refractivity contribution >= 4 is 23.8 Å². The zero-order valence-electron chi connectivity index (χ0n) is 11.8. The van der Waals surface area contributed by atoms with Gasteiger partial charge in [-0.05, 0) is 20.8 Å². The van der Waals surface area contributed by atoms with Crippen molar-refractivity contribution in [1.82, 2.24) is 15.5 Å². The summed E-state index contributed by atoms with van der Waals surface area (Å²) in [7, 11) is 0. The van der Waals surface area contributed by atoms with Crippen molar-refractivity contribution in [3.63, 3.8) is 0 Å². The molecule has 1 rings (SSSR count). The molecular formula is C12H19N3O5. The summed E-state index contributed by atoms with van der Waals surface area (Å²) in [6.45, 7) is 5.00. The summed E-state index contributed by atoms with van der Waals surface area (Å²) < 4.78 is 5.01. The van der Waals surface area contributed by atoms with Crippen LogP contribution in [0.2, 0.25) is 0 Å². The second kappa shape index (κ2) is 6.36. The summed E-state index contributed by atoms with van der Waals surface area (Å²) in [5.74, 6) is -1.38. The largest absolute Gasteiger partial charge is 0.444 e. The van der Waals surface area contributed by atoms with Crippen molar-refractivity contribution in [2.75, 3.05) is 19.6 Å². The molecule has 1 aliphatic rings. The molecular weight excluding hydrogens is 266 g/mol. The third-order valence-corrected chi connectivity index (χ3v) is 2.31. The van der Waals surface area contributed by atoms with Gasteiger partial charge in [-0.1, -0.05) is 0 Å². The van der Waals surface area contributed by atoms with E-state index in [4.69, 9.17) is 4.74 Å². The Labute approximate surface area is 116 Å². The average Bonchev–Trinajstić information content (AvgIpc) is 2.24. The molecule has 0 aromatic rings. The lowest BCUT2D eigenvalue weighted by molar-refractivity contribution is -0.145. The smallest absolute Gasteiger partial charge is 0.407 e. The summed E-state index contributed by atoms with van der Waals surface area (Å²) in [6, 6.07) is 0. The summed E-state index contributed by atoms with van der Waals surface area (Å²) in [4.78, 5) is 46.5. The molecule has 0 atom stereocenters. The fraction of sp³-hybridized carbons (Fsp3) is 0.667. The maximum Gasteiger partial charge on any atom is 0.407 e. The normalized spacial score (nSPS) is 15.7. The zero-order chi connectivity index (χ0) is 15.3. The molecule has 2 N–H and O–H groups in total. The first-order chi connectivity index (χ1) is 9.17. The maximum absolute atomic E-state index is 11.8. The second-order valence-corrected chi connectivity index (χ2v) is 5.40. The van der Waals surface area contributed by atoms with Gasteiger partial charge in [0.1, 0.15) is 18.7 Å². The number of ether oxygens (including phenoxy) is 1. The molecule has 1 fully saturated rings. The Kier molecular flexibility index (Phi) is 5.06. The number of rotatable bonds is 3. The number of hydrogen-bond acceptors (Lipinski definition) is 5. The first kappa shape index (κ1) is 15.9. The molecule has 1 heterocycles. The van der Waals surface area contributed by atoms with Crippen LogP contribution in [-0.2, 0) is 19.1 Å². The fourth-order valence-electron chi connectivity index (χ4n) is 1.56. The van der Waals surface area contributed by atoms with Crippen molar-refractivity contribution in [2.24, 2.45) is 0 Å². The van der Waals surface area contributed by atoms with Gasteiger partial charge in [0.25, 0.3) is 0 Å². The van der Waals surface area contributed by atoms with Crippen LogP contribution >= 0.6 is 0 Å². The van der Waals surface area contributed by atoms with E-state index in [-0.39, 0.29) is 32.0 Å². The molecule has 8 heteroatoms. The Balaban J connectivity index is 2.31. The standard InChI is InChI=1S/C12H19N3O5/c1-12(2,3)20-11(19)13-5-4-10(18)15-6-8(16)14-9(17)7-15/h4-7H2,1-3H3,(H,13,19)(H,14,16,17). The fourth-order valence-corrected chi connectivity index (χ4v) is 1.56. The monoisotopic (exact) mass is 285 g/mol. The molecule has 8 nitrogen and oxygen atoms in total. The highest BCUT2D eigenvalue weighted by atomic mass is 16.6. The van der Waals surface area contributed by atoms with E-state index in [1.807, 2.05) is 0 Å². The molecule has 0 aromatic heterocycles. The SMILES string of the molecule is CC(C)(C)OC(=O)NCCC(=O)N1CC(=O)NC(=O)C1. The highest BCUT2D eigenvalue weighted by Gasteiger charge is 2.26. The first-order valence-corrected chi connectivity index (χ1v) is 6.25. The van der Waals surface area contributed by atoms with Crippen molar-refractivity contribution in [1.29, 1.82) is 0 Å². The molecule has 0 saturated carbocycles. The van der Waals surface area contributed by atoms with Gasteiger partial charge in [0.05, 0.1) is 0 Å². The zero-order valence-corrected chi connectivity index (χ0v) is 11.8. The van der Waals surface area contributed by atoms with Gasteiger partial charge in [0.2, 0.25) is 17.7 Å². The number of hydrogen-bond donors (Lipinski definition) is 2. The number of carbonyl (C=O) groups excluding carboxylic acids is 4. The number of nitrogens with zero attached hydrogens (tertiary/aromatic N) is 1. The molecule has 0 unspecified atom stereocenters. The van der Waals surface area contributed by atoms with Crippen molar-refractivity contribution < 1.29 is 23.9 Å². The Morgan fingerprint density at radius 3 is 2.30 bits per heavy atom. The van der Waals surface area contributed by atoms with Gasteiger partial charge in [-0.15, -0.1) is 0 Å². The molecule has 0 bridgehead atoms. The Bertz CT molecular complexity index is 411. The summed E-state index contributed by atoms with van der Waals surface area (Å²) >= 11 is 0. The van der Waals surface area contributed by atoms with Crippen LogP contribution in [0, 0.1) is 0 Å². The maximum atomic E-state index is 11.8. The quantitative estimate of drug-likeness (QED) is 0.673. The van der Waals surface area contributed by atoms with Crippen LogP contribution in [0.25, 0.3) is 0 Å². The van der Waals surface area contributed by atoms with Gasteiger partial charge >= 0.3 is 6.09 Å². The molecule has 0 aromatic carbocycles. The molecule has 0 radical (unpaired) electrons. The van der Waals surface area contributed by atoms with Crippen LogP contribution in [0.1, 0.15) is 27.2 Å². The molecule has 0 spiro atoms. The molecule has 0 aliphatic carbocycles. The van der Waals surface area contributed by atoms with E-state index in [0.717, 1.165) is 4.90 Å². The first-order valence-electron chi connectivity index (χ1n) is 6.25. The number of alkyl carbamates (subject to hydrolysis) is 1. The van der Waals surface area contributed by atoms with E-state index in [1.54, 1.807) is 20.8 Å². The van der Waals surface area contributed by atoms with Crippen LogP contribution in [0.3, 0.4) is 0 Å². The van der Waals surface area contributed by atoms with E-state index in [2.05, 4.69) is 10.6 Å². The van der Waals surface area contributed by atoms with E-state index in [0.29, 0.717) is 0 Å². The summed E-state index contributed by atoms with van der Waals surface area (Å²) in [5, 5.41) is 4.54. The Hall–Kier alpha value is -2.12. The average molecular weight is 285 g/mol. The predicted octanol–water partition coefficient (Wildman–Crippen LogP) is -0.614. The van der Waals surface area contributed by atoms with E-state index < -0.39 is 23.5 Å². The number of carbonyl (C=O) groups is 4. The predicted molar refractivity (Wildman–Crippen MR) is 68.6 cm³/mol. The lowest BCUT2D eigenvalue weighted by atomic mass is 10.2. The van der Waals surface area contributed by atoms with Crippen LogP contribution in [0.5, 0.6) is 0 Å². The van der Waals surface area contributed by atoms with Crippen LogP contribution < -0.4 is 10.6 Å². The van der Waals surface area contributed by atoms with Crippen LogP contribution in [-0.4, -0.2) is 54.0 Å². The highest BCUT2D eigenvalue weighted by molar-refractivity contribution is 6.02. The van der Waals surface area contributed by atoms with Gasteiger partial charge in [-0.2, -0.15) is 0 Å². The molecule has 1 aliphatic heterocycles.